The highest BCUT2D eigenvalue weighted by Gasteiger charge is 2.23. The van der Waals surface area contributed by atoms with Gasteiger partial charge in [-0.25, -0.2) is 0 Å². The molecule has 3 heteroatoms. The summed E-state index contributed by atoms with van der Waals surface area (Å²) in [5.74, 6) is 0.623. The molecule has 0 amide bonds. The second kappa shape index (κ2) is 7.31. The minimum atomic E-state index is 0.134. The summed E-state index contributed by atoms with van der Waals surface area (Å²) in [5, 5.41) is 0.134. The van der Waals surface area contributed by atoms with Crippen LogP contribution in [0.3, 0.4) is 0 Å². The lowest BCUT2D eigenvalue weighted by Crippen LogP contribution is -2.11. The van der Waals surface area contributed by atoms with Crippen molar-refractivity contribution in [3.63, 3.8) is 0 Å². The molecule has 0 aromatic heterocycles. The molecule has 0 N–H and O–H groups in total. The van der Waals surface area contributed by atoms with Crippen molar-refractivity contribution in [1.29, 1.82) is 0 Å². The van der Waals surface area contributed by atoms with Crippen LogP contribution in [-0.2, 0) is 0 Å². The maximum atomic E-state index is 6.74. The van der Waals surface area contributed by atoms with E-state index in [1.54, 1.807) is 0 Å². The Hall–Kier alpha value is 0.470. The number of hydrogen-bond donors (Lipinski definition) is 0. The molecule has 1 aliphatic rings. The molecule has 2 rings (SSSR count). The Morgan fingerprint density at radius 1 is 1.00 bits per heavy atom. The molecule has 0 heterocycles. The summed E-state index contributed by atoms with van der Waals surface area (Å²) >= 11 is 13.9. The molecule has 1 aliphatic carbocycles. The van der Waals surface area contributed by atoms with Gasteiger partial charge in [-0.05, 0) is 42.5 Å². The van der Waals surface area contributed by atoms with Crippen LogP contribution in [-0.4, -0.2) is 0 Å². The van der Waals surface area contributed by atoms with Gasteiger partial charge in [-0.15, -0.1) is 11.6 Å². The highest BCUT2D eigenvalue weighted by Crippen LogP contribution is 2.40. The van der Waals surface area contributed by atoms with Crippen molar-refractivity contribution >= 4 is 43.5 Å². The first-order chi connectivity index (χ1) is 8.68. The third-order valence-corrected chi connectivity index (χ3v) is 5.63. The maximum absolute atomic E-state index is 6.74. The van der Waals surface area contributed by atoms with Gasteiger partial charge in [-0.3, -0.25) is 0 Å². The topological polar surface area (TPSA) is 0 Å². The minimum absolute atomic E-state index is 0.134. The van der Waals surface area contributed by atoms with Gasteiger partial charge in [0.15, 0.2) is 0 Å². The van der Waals surface area contributed by atoms with E-state index in [-0.39, 0.29) is 5.38 Å². The third kappa shape index (κ3) is 3.98. The van der Waals surface area contributed by atoms with Crippen LogP contribution < -0.4 is 0 Å². The normalized spacial score (nSPS) is 20.2. The Kier molecular flexibility index (Phi) is 6.03. The average molecular weight is 395 g/mol. The fraction of sp³-hybridized carbons (Fsp3) is 0.600. The van der Waals surface area contributed by atoms with Crippen molar-refractivity contribution in [2.75, 3.05) is 0 Å². The van der Waals surface area contributed by atoms with E-state index < -0.39 is 0 Å². The Morgan fingerprint density at radius 3 is 2.28 bits per heavy atom. The molecular weight excluding hydrogens is 375 g/mol. The molecule has 0 bridgehead atoms. The summed E-state index contributed by atoms with van der Waals surface area (Å²) in [6, 6.07) is 6.29. The number of alkyl halides is 1. The predicted molar refractivity (Wildman–Crippen MR) is 86.2 cm³/mol. The van der Waals surface area contributed by atoms with Gasteiger partial charge in [0.2, 0.25) is 0 Å². The second-order valence-corrected chi connectivity index (χ2v) is 7.41. The number of hydrogen-bond acceptors (Lipinski definition) is 0. The Bertz CT molecular complexity index is 384. The highest BCUT2D eigenvalue weighted by atomic mass is 79.9. The second-order valence-electron chi connectivity index (χ2n) is 5.17. The van der Waals surface area contributed by atoms with Crippen molar-refractivity contribution in [1.82, 2.24) is 0 Å². The van der Waals surface area contributed by atoms with E-state index in [9.17, 15) is 0 Å². The quantitative estimate of drug-likeness (QED) is 0.481. The van der Waals surface area contributed by atoms with Gasteiger partial charge >= 0.3 is 0 Å². The zero-order valence-electron chi connectivity index (χ0n) is 10.5. The minimum Gasteiger partial charge on any atom is -0.117 e. The first kappa shape index (κ1) is 14.9. The molecule has 0 radical (unpaired) electrons. The van der Waals surface area contributed by atoms with Gasteiger partial charge in [-0.1, -0.05) is 64.0 Å². The zero-order chi connectivity index (χ0) is 13.0. The van der Waals surface area contributed by atoms with Crippen LogP contribution in [0.1, 0.15) is 55.9 Å². The van der Waals surface area contributed by atoms with E-state index >= 15 is 0 Å². The van der Waals surface area contributed by atoms with Crippen LogP contribution in [0.15, 0.2) is 27.1 Å². The number of rotatable bonds is 2. The molecule has 1 atom stereocenters. The van der Waals surface area contributed by atoms with Crippen molar-refractivity contribution in [3.05, 3.63) is 32.7 Å². The van der Waals surface area contributed by atoms with Gasteiger partial charge in [0.05, 0.1) is 5.38 Å². The smallest absolute Gasteiger partial charge is 0.0624 e. The van der Waals surface area contributed by atoms with Gasteiger partial charge in [0.1, 0.15) is 0 Å². The Labute approximate surface area is 132 Å². The SMILES string of the molecule is ClC(c1cc(Br)ccc1Br)C1CCCCCCC1. The van der Waals surface area contributed by atoms with E-state index in [1.165, 1.54) is 50.5 Å². The summed E-state index contributed by atoms with van der Waals surface area (Å²) in [6.45, 7) is 0. The lowest BCUT2D eigenvalue weighted by molar-refractivity contribution is 0.368. The monoisotopic (exact) mass is 392 g/mol. The first-order valence-corrected chi connectivity index (χ1v) is 8.80. The molecule has 0 nitrogen and oxygen atoms in total. The van der Waals surface area contributed by atoms with Crippen LogP contribution in [0.25, 0.3) is 0 Å². The average Bonchev–Trinajstić information content (AvgIpc) is 2.31. The van der Waals surface area contributed by atoms with Crippen LogP contribution in [0, 0.1) is 5.92 Å². The summed E-state index contributed by atoms with van der Waals surface area (Å²) < 4.78 is 2.24. The maximum Gasteiger partial charge on any atom is 0.0624 e. The third-order valence-electron chi connectivity index (χ3n) is 3.82. The van der Waals surface area contributed by atoms with Crippen molar-refractivity contribution in [3.8, 4) is 0 Å². The van der Waals surface area contributed by atoms with E-state index in [0.29, 0.717) is 5.92 Å². The fourth-order valence-electron chi connectivity index (χ4n) is 2.76. The lowest BCUT2D eigenvalue weighted by atomic mass is 9.86. The van der Waals surface area contributed by atoms with Crippen molar-refractivity contribution < 1.29 is 0 Å². The lowest BCUT2D eigenvalue weighted by Gasteiger charge is -2.25. The predicted octanol–water partition coefficient (Wildman–Crippen LogP) is 6.85. The van der Waals surface area contributed by atoms with E-state index in [1.807, 2.05) is 0 Å². The highest BCUT2D eigenvalue weighted by molar-refractivity contribution is 9.11. The van der Waals surface area contributed by atoms with Crippen molar-refractivity contribution in [2.24, 2.45) is 5.92 Å². The largest absolute Gasteiger partial charge is 0.117 e. The van der Waals surface area contributed by atoms with Crippen molar-refractivity contribution in [2.45, 2.75) is 50.3 Å². The fourth-order valence-corrected chi connectivity index (χ4v) is 4.20. The molecule has 0 saturated heterocycles. The Morgan fingerprint density at radius 2 is 1.61 bits per heavy atom. The standard InChI is InChI=1S/C15H19Br2Cl/c16-12-8-9-14(17)13(10-12)15(18)11-6-4-2-1-3-5-7-11/h8-11,15H,1-7H2. The van der Waals surface area contributed by atoms with Crippen LogP contribution in [0.4, 0.5) is 0 Å². The molecule has 1 fully saturated rings. The molecule has 0 spiro atoms. The summed E-state index contributed by atoms with van der Waals surface area (Å²) in [4.78, 5) is 0. The van der Waals surface area contributed by atoms with Crippen LogP contribution >= 0.6 is 43.5 Å². The molecule has 100 valence electrons. The molecule has 1 unspecified atom stereocenters. The molecule has 0 aliphatic heterocycles. The van der Waals surface area contributed by atoms with Gasteiger partial charge in [0.25, 0.3) is 0 Å². The Balaban J connectivity index is 2.12. The van der Waals surface area contributed by atoms with E-state index in [4.69, 9.17) is 11.6 Å². The zero-order valence-corrected chi connectivity index (χ0v) is 14.4. The summed E-state index contributed by atoms with van der Waals surface area (Å²) in [7, 11) is 0. The van der Waals surface area contributed by atoms with Gasteiger partial charge < -0.3 is 0 Å². The summed E-state index contributed by atoms with van der Waals surface area (Å²) in [6.07, 6.45) is 9.36. The van der Waals surface area contributed by atoms with Crippen LogP contribution in [0.2, 0.25) is 0 Å². The first-order valence-electron chi connectivity index (χ1n) is 6.77. The molecule has 18 heavy (non-hydrogen) atoms. The van der Waals surface area contributed by atoms with Gasteiger partial charge in [-0.2, -0.15) is 0 Å². The number of halogens is 3. The molecule has 1 aromatic rings. The number of benzene rings is 1. The van der Waals surface area contributed by atoms with E-state index in [0.717, 1.165) is 8.95 Å². The molecular formula is C15H19Br2Cl. The van der Waals surface area contributed by atoms with Crippen LogP contribution in [0.5, 0.6) is 0 Å². The molecule has 1 aromatic carbocycles. The van der Waals surface area contributed by atoms with E-state index in [2.05, 4.69) is 50.1 Å². The van der Waals surface area contributed by atoms with Gasteiger partial charge in [0, 0.05) is 8.95 Å². The molecule has 1 saturated carbocycles. The summed E-state index contributed by atoms with van der Waals surface area (Å²) in [5.41, 5.74) is 1.23.